The van der Waals surface area contributed by atoms with E-state index in [0.29, 0.717) is 0 Å². The summed E-state index contributed by atoms with van der Waals surface area (Å²) in [6, 6.07) is 9.02. The molecule has 5 nitrogen and oxygen atoms in total. The maximum absolute atomic E-state index is 12.2. The Balaban J connectivity index is 2.37. The van der Waals surface area contributed by atoms with Gasteiger partial charge in [-0.05, 0) is 6.07 Å². The highest BCUT2D eigenvalue weighted by atomic mass is 16.4. The first-order valence-corrected chi connectivity index (χ1v) is 5.40. The molecule has 19 heavy (non-hydrogen) atoms. The Morgan fingerprint density at radius 3 is 2.21 bits per heavy atom. The van der Waals surface area contributed by atoms with E-state index in [9.17, 15) is 14.4 Å². The minimum Gasteiger partial charge on any atom is -0.417 e. The van der Waals surface area contributed by atoms with Crippen LogP contribution in [0.3, 0.4) is 0 Å². The summed E-state index contributed by atoms with van der Waals surface area (Å²) in [5.41, 5.74) is -0.800. The van der Waals surface area contributed by atoms with Gasteiger partial charge in [0.05, 0.1) is 5.56 Å². The lowest BCUT2D eigenvalue weighted by Gasteiger charge is -2.15. The third-order valence-corrected chi connectivity index (χ3v) is 2.94. The molecule has 1 aromatic carbocycles. The Kier molecular flexibility index (Phi) is 2.19. The number of nitrogens with zero attached hydrogens (tertiary/aromatic N) is 1. The fraction of sp³-hybridized carbons (Fsp3) is 0. The maximum atomic E-state index is 12.2. The van der Waals surface area contributed by atoms with Gasteiger partial charge in [0.2, 0.25) is 5.78 Å². The highest BCUT2D eigenvalue weighted by molar-refractivity contribution is 6.27. The number of fused-ring (bicyclic) bond motifs is 2. The summed E-state index contributed by atoms with van der Waals surface area (Å²) in [5.74, 6) is -1.25. The normalized spacial score (nSPS) is 12.6. The van der Waals surface area contributed by atoms with Crippen molar-refractivity contribution in [3.05, 3.63) is 68.8 Å². The monoisotopic (exact) mass is 251 g/mol. The molecule has 0 bridgehead atoms. The number of hydrogen-bond donors (Lipinski definition) is 0. The summed E-state index contributed by atoms with van der Waals surface area (Å²) in [7, 11) is 0. The molecule has 0 unspecified atom stereocenters. The van der Waals surface area contributed by atoms with Gasteiger partial charge in [-0.1, -0.05) is 24.3 Å². The molecule has 90 valence electrons. The van der Waals surface area contributed by atoms with Crippen LogP contribution in [0.4, 0.5) is 0 Å². The Bertz CT molecular complexity index is 839. The molecule has 1 aliphatic rings. The Morgan fingerprint density at radius 2 is 1.58 bits per heavy atom. The average Bonchev–Trinajstić information content (AvgIpc) is 2.44. The average molecular weight is 251 g/mol. The third kappa shape index (κ3) is 1.44. The molecule has 0 spiro atoms. The van der Waals surface area contributed by atoms with Crippen LogP contribution in [-0.4, -0.2) is 11.6 Å². The Morgan fingerprint density at radius 1 is 0.947 bits per heavy atom. The van der Waals surface area contributed by atoms with Gasteiger partial charge in [0.15, 0.2) is 11.5 Å². The number of benzene rings is 1. The van der Waals surface area contributed by atoms with Crippen LogP contribution >= 0.6 is 0 Å². The van der Waals surface area contributed by atoms with Crippen molar-refractivity contribution < 1.29 is 14.0 Å². The van der Waals surface area contributed by atoms with Crippen LogP contribution in [0, 0.1) is 11.3 Å². The zero-order valence-corrected chi connectivity index (χ0v) is 9.47. The van der Waals surface area contributed by atoms with Gasteiger partial charge in [0.1, 0.15) is 11.6 Å². The first kappa shape index (κ1) is 11.1. The smallest absolute Gasteiger partial charge is 0.354 e. The zero-order chi connectivity index (χ0) is 13.6. The second-order valence-electron chi connectivity index (χ2n) is 4.01. The van der Waals surface area contributed by atoms with Gasteiger partial charge in [-0.2, -0.15) is 5.26 Å². The van der Waals surface area contributed by atoms with Gasteiger partial charge in [0.25, 0.3) is 0 Å². The minimum absolute atomic E-state index is 0.0418. The van der Waals surface area contributed by atoms with Gasteiger partial charge < -0.3 is 4.42 Å². The molecule has 1 heterocycles. The highest BCUT2D eigenvalue weighted by Crippen LogP contribution is 2.26. The van der Waals surface area contributed by atoms with E-state index in [-0.39, 0.29) is 28.0 Å². The molecule has 0 saturated heterocycles. The summed E-state index contributed by atoms with van der Waals surface area (Å²) in [5, 5.41) is 8.76. The van der Waals surface area contributed by atoms with E-state index in [0.717, 1.165) is 6.07 Å². The number of carbonyl (C=O) groups excluding carboxylic acids is 2. The predicted octanol–water partition coefficient (Wildman–Crippen LogP) is 1.29. The number of hydrogen-bond acceptors (Lipinski definition) is 5. The summed E-state index contributed by atoms with van der Waals surface area (Å²) < 4.78 is 4.81. The molecular formula is C14H5NO4. The largest absolute Gasteiger partial charge is 0.417 e. The number of carbonyl (C=O) groups is 2. The van der Waals surface area contributed by atoms with E-state index in [1.54, 1.807) is 18.2 Å². The third-order valence-electron chi connectivity index (χ3n) is 2.94. The lowest BCUT2D eigenvalue weighted by Crippen LogP contribution is -2.23. The minimum atomic E-state index is -0.915. The molecule has 0 radical (unpaired) electrons. The highest BCUT2D eigenvalue weighted by Gasteiger charge is 2.32. The van der Waals surface area contributed by atoms with Gasteiger partial charge in [-0.15, -0.1) is 0 Å². The van der Waals surface area contributed by atoms with Gasteiger partial charge in [-0.3, -0.25) is 9.59 Å². The summed E-state index contributed by atoms with van der Waals surface area (Å²) >= 11 is 0. The van der Waals surface area contributed by atoms with Crippen LogP contribution in [-0.2, 0) is 0 Å². The number of ketones is 2. The van der Waals surface area contributed by atoms with Crippen molar-refractivity contribution in [3.8, 4) is 6.07 Å². The van der Waals surface area contributed by atoms with Crippen molar-refractivity contribution in [2.24, 2.45) is 0 Å². The van der Waals surface area contributed by atoms with Crippen LogP contribution in [0.2, 0.25) is 0 Å². The fourth-order valence-electron chi connectivity index (χ4n) is 2.03. The van der Waals surface area contributed by atoms with E-state index < -0.39 is 17.2 Å². The van der Waals surface area contributed by atoms with E-state index in [1.807, 2.05) is 0 Å². The second kappa shape index (κ2) is 3.75. The van der Waals surface area contributed by atoms with Gasteiger partial charge >= 0.3 is 5.63 Å². The molecular weight excluding hydrogens is 246 g/mol. The number of rotatable bonds is 0. The van der Waals surface area contributed by atoms with Crippen LogP contribution < -0.4 is 5.63 Å². The standard InChI is InChI=1S/C14H5NO4/c15-6-7-5-10-11(16)8-3-1-2-4-9(8)12(17)13(10)19-14(7)18/h1-5H. The number of nitriles is 1. The van der Waals surface area contributed by atoms with Gasteiger partial charge in [0, 0.05) is 11.1 Å². The van der Waals surface area contributed by atoms with Crippen molar-refractivity contribution in [1.29, 1.82) is 5.26 Å². The fourth-order valence-corrected chi connectivity index (χ4v) is 2.03. The Hall–Kier alpha value is -3.00. The summed E-state index contributed by atoms with van der Waals surface area (Å²) in [6.45, 7) is 0. The lowest BCUT2D eigenvalue weighted by molar-refractivity contribution is 0.0953. The first-order chi connectivity index (χ1) is 9.13. The van der Waals surface area contributed by atoms with Crippen molar-refractivity contribution in [3.63, 3.8) is 0 Å². The van der Waals surface area contributed by atoms with Crippen LogP contribution in [0.25, 0.3) is 0 Å². The van der Waals surface area contributed by atoms with Crippen molar-refractivity contribution >= 4 is 11.6 Å². The molecule has 1 aromatic heterocycles. The molecule has 0 amide bonds. The molecule has 0 aliphatic heterocycles. The molecule has 0 atom stereocenters. The molecule has 0 fully saturated rings. The molecule has 2 aromatic rings. The topological polar surface area (TPSA) is 88.1 Å². The molecule has 0 saturated carbocycles. The van der Waals surface area contributed by atoms with Crippen molar-refractivity contribution in [2.45, 2.75) is 0 Å². The van der Waals surface area contributed by atoms with E-state index in [4.69, 9.17) is 9.68 Å². The summed E-state index contributed by atoms with van der Waals surface area (Å²) in [4.78, 5) is 35.8. The molecule has 1 aliphatic carbocycles. The molecule has 0 N–H and O–H groups in total. The maximum Gasteiger partial charge on any atom is 0.354 e. The van der Waals surface area contributed by atoms with Gasteiger partial charge in [-0.25, -0.2) is 4.79 Å². The quantitative estimate of drug-likeness (QED) is 0.600. The Labute approximate surface area is 106 Å². The van der Waals surface area contributed by atoms with Crippen LogP contribution in [0.15, 0.2) is 39.5 Å². The summed E-state index contributed by atoms with van der Waals surface area (Å²) in [6.07, 6.45) is 0. The van der Waals surface area contributed by atoms with Crippen molar-refractivity contribution in [2.75, 3.05) is 0 Å². The SMILES string of the molecule is N#Cc1cc2c(oc1=O)C(=O)c1ccccc1C2=O. The van der Waals surface area contributed by atoms with Crippen LogP contribution in [0.1, 0.15) is 37.6 Å². The van der Waals surface area contributed by atoms with E-state index in [1.165, 1.54) is 12.1 Å². The van der Waals surface area contributed by atoms with E-state index in [2.05, 4.69) is 0 Å². The molecule has 5 heteroatoms. The second-order valence-corrected chi connectivity index (χ2v) is 4.01. The first-order valence-electron chi connectivity index (χ1n) is 5.40. The zero-order valence-electron chi connectivity index (χ0n) is 9.47. The lowest BCUT2D eigenvalue weighted by atomic mass is 9.87. The molecule has 3 rings (SSSR count). The predicted molar refractivity (Wildman–Crippen MR) is 63.0 cm³/mol. The van der Waals surface area contributed by atoms with Crippen LogP contribution in [0.5, 0.6) is 0 Å². The van der Waals surface area contributed by atoms with E-state index >= 15 is 0 Å². The van der Waals surface area contributed by atoms with Crippen molar-refractivity contribution in [1.82, 2.24) is 0 Å².